The second-order valence-corrected chi connectivity index (χ2v) is 9.48. The van der Waals surface area contributed by atoms with Gasteiger partial charge >= 0.3 is 5.97 Å². The quantitative estimate of drug-likeness (QED) is 0.741. The van der Waals surface area contributed by atoms with Gasteiger partial charge in [-0.3, -0.25) is 9.59 Å². The molecule has 1 aromatic heterocycles. The molecule has 1 aromatic carbocycles. The van der Waals surface area contributed by atoms with Gasteiger partial charge in [0.25, 0.3) is 5.91 Å². The third-order valence-electron chi connectivity index (χ3n) is 3.58. The molecule has 0 radical (unpaired) electrons. The Morgan fingerprint density at radius 2 is 1.77 bits per heavy atom. The number of rotatable bonds is 8. The van der Waals surface area contributed by atoms with Crippen LogP contribution in [0.2, 0.25) is 0 Å². The van der Waals surface area contributed by atoms with E-state index in [0.29, 0.717) is 6.54 Å². The highest BCUT2D eigenvalue weighted by Crippen LogP contribution is 2.28. The Balaban J connectivity index is 2.26. The van der Waals surface area contributed by atoms with Gasteiger partial charge in [0.2, 0.25) is 9.84 Å². The van der Waals surface area contributed by atoms with Crippen LogP contribution in [-0.4, -0.2) is 43.4 Å². The van der Waals surface area contributed by atoms with Crippen molar-refractivity contribution in [1.29, 1.82) is 0 Å². The molecule has 1 amide bonds. The van der Waals surface area contributed by atoms with Gasteiger partial charge in [-0.2, -0.15) is 0 Å². The van der Waals surface area contributed by atoms with E-state index in [-0.39, 0.29) is 38.8 Å². The van der Waals surface area contributed by atoms with E-state index in [0.717, 1.165) is 11.3 Å². The summed E-state index contributed by atoms with van der Waals surface area (Å²) in [6.07, 6.45) is -0.154. The van der Waals surface area contributed by atoms with Gasteiger partial charge in [0.05, 0.1) is 16.2 Å². The minimum Gasteiger partial charge on any atom is -0.481 e. The average molecular weight is 396 g/mol. The number of carboxylic acid groups (broad SMARTS) is 1. The Kier molecular flexibility index (Phi) is 6.55. The van der Waals surface area contributed by atoms with E-state index in [1.54, 1.807) is 18.2 Å². The van der Waals surface area contributed by atoms with Crippen molar-refractivity contribution < 1.29 is 23.1 Å². The zero-order valence-corrected chi connectivity index (χ0v) is 16.2. The molecule has 26 heavy (non-hydrogen) atoms. The maximum absolute atomic E-state index is 12.7. The lowest BCUT2D eigenvalue weighted by Crippen LogP contribution is -2.35. The molecule has 0 fully saturated rings. The van der Waals surface area contributed by atoms with Crippen molar-refractivity contribution in [3.8, 4) is 0 Å². The second kappa shape index (κ2) is 8.46. The molecule has 0 aliphatic carbocycles. The van der Waals surface area contributed by atoms with Crippen molar-refractivity contribution in [2.24, 2.45) is 5.92 Å². The summed E-state index contributed by atoms with van der Waals surface area (Å²) < 4.78 is 25.4. The maximum atomic E-state index is 12.7. The smallest absolute Gasteiger partial charge is 0.305 e. The van der Waals surface area contributed by atoms with E-state index in [4.69, 9.17) is 5.11 Å². The summed E-state index contributed by atoms with van der Waals surface area (Å²) in [5, 5.41) is 8.87. The SMILES string of the molecule is CC(C)CN(CCC(=O)O)C(=O)c1ccc(S(=O)(=O)c2ccccc2)s1. The largest absolute Gasteiger partial charge is 0.481 e. The highest BCUT2D eigenvalue weighted by Gasteiger charge is 2.24. The number of aliphatic carboxylic acids is 1. The molecule has 0 aliphatic heterocycles. The van der Waals surface area contributed by atoms with Crippen LogP contribution in [0, 0.1) is 5.92 Å². The molecule has 0 unspecified atom stereocenters. The van der Waals surface area contributed by atoms with Gasteiger partial charge in [-0.15, -0.1) is 11.3 Å². The van der Waals surface area contributed by atoms with Crippen LogP contribution in [0.25, 0.3) is 0 Å². The Morgan fingerprint density at radius 3 is 2.35 bits per heavy atom. The summed E-state index contributed by atoms with van der Waals surface area (Å²) >= 11 is 0.906. The number of hydrogen-bond acceptors (Lipinski definition) is 5. The van der Waals surface area contributed by atoms with Crippen LogP contribution in [0.4, 0.5) is 0 Å². The molecule has 2 aromatic rings. The predicted octanol–water partition coefficient (Wildman–Crippen LogP) is 3.15. The summed E-state index contributed by atoms with van der Waals surface area (Å²) in [5.74, 6) is -1.16. The normalized spacial score (nSPS) is 11.5. The highest BCUT2D eigenvalue weighted by atomic mass is 32.2. The maximum Gasteiger partial charge on any atom is 0.305 e. The molecule has 0 aliphatic rings. The van der Waals surface area contributed by atoms with Gasteiger partial charge in [0, 0.05) is 13.1 Å². The molecule has 8 heteroatoms. The number of amides is 1. The summed E-state index contributed by atoms with van der Waals surface area (Å²) in [7, 11) is -3.67. The van der Waals surface area contributed by atoms with Crippen LogP contribution in [0.15, 0.2) is 51.6 Å². The number of carboxylic acids is 1. The highest BCUT2D eigenvalue weighted by molar-refractivity contribution is 7.93. The summed E-state index contributed by atoms with van der Waals surface area (Å²) in [6, 6.07) is 10.9. The van der Waals surface area contributed by atoms with Crippen LogP contribution in [0.3, 0.4) is 0 Å². The lowest BCUT2D eigenvalue weighted by Gasteiger charge is -2.23. The van der Waals surface area contributed by atoms with Gasteiger partial charge in [0.15, 0.2) is 0 Å². The number of thiophene rings is 1. The predicted molar refractivity (Wildman–Crippen MR) is 99.2 cm³/mol. The number of carbonyl (C=O) groups is 2. The van der Waals surface area contributed by atoms with Crippen LogP contribution in [-0.2, 0) is 14.6 Å². The Bertz CT molecular complexity index is 872. The summed E-state index contributed by atoms with van der Waals surface area (Å²) in [4.78, 5) is 25.5. The van der Waals surface area contributed by atoms with Crippen molar-refractivity contribution in [3.05, 3.63) is 47.3 Å². The molecule has 1 N–H and O–H groups in total. The monoisotopic (exact) mass is 395 g/mol. The van der Waals surface area contributed by atoms with Crippen molar-refractivity contribution in [1.82, 2.24) is 4.90 Å². The van der Waals surface area contributed by atoms with Crippen LogP contribution >= 0.6 is 11.3 Å². The first-order chi connectivity index (χ1) is 12.2. The average Bonchev–Trinajstić information content (AvgIpc) is 3.09. The fourth-order valence-electron chi connectivity index (χ4n) is 2.40. The van der Waals surface area contributed by atoms with E-state index in [1.165, 1.54) is 29.2 Å². The Morgan fingerprint density at radius 1 is 1.12 bits per heavy atom. The van der Waals surface area contributed by atoms with Crippen LogP contribution in [0.1, 0.15) is 29.9 Å². The molecule has 1 heterocycles. The van der Waals surface area contributed by atoms with Crippen LogP contribution in [0.5, 0.6) is 0 Å². The minimum absolute atomic E-state index is 0.0883. The Labute approximate surface area is 157 Å². The molecule has 0 spiro atoms. The lowest BCUT2D eigenvalue weighted by atomic mass is 10.2. The molecule has 2 rings (SSSR count). The molecular formula is C18H21NO5S2. The lowest BCUT2D eigenvalue weighted by molar-refractivity contribution is -0.137. The van der Waals surface area contributed by atoms with Crippen molar-refractivity contribution in [3.63, 3.8) is 0 Å². The third-order valence-corrected chi connectivity index (χ3v) is 6.91. The van der Waals surface area contributed by atoms with Gasteiger partial charge in [0.1, 0.15) is 4.21 Å². The number of benzene rings is 1. The number of nitrogens with zero attached hydrogens (tertiary/aromatic N) is 1. The molecule has 0 saturated carbocycles. The fourth-order valence-corrected chi connectivity index (χ4v) is 5.10. The van der Waals surface area contributed by atoms with Gasteiger partial charge in [-0.1, -0.05) is 32.0 Å². The topological polar surface area (TPSA) is 91.8 Å². The molecule has 140 valence electrons. The molecule has 6 nitrogen and oxygen atoms in total. The molecule has 0 atom stereocenters. The Hall–Kier alpha value is -2.19. The molecule has 0 bridgehead atoms. The van der Waals surface area contributed by atoms with E-state index in [2.05, 4.69) is 0 Å². The first-order valence-corrected chi connectivity index (χ1v) is 10.4. The summed E-state index contributed by atoms with van der Waals surface area (Å²) in [5.41, 5.74) is 0. The summed E-state index contributed by atoms with van der Waals surface area (Å²) in [6.45, 7) is 4.36. The van der Waals surface area contributed by atoms with Crippen molar-refractivity contribution >= 4 is 33.1 Å². The second-order valence-electron chi connectivity index (χ2n) is 6.22. The van der Waals surface area contributed by atoms with Crippen LogP contribution < -0.4 is 0 Å². The van der Waals surface area contributed by atoms with E-state index < -0.39 is 15.8 Å². The van der Waals surface area contributed by atoms with Crippen molar-refractivity contribution in [2.45, 2.75) is 29.4 Å². The van der Waals surface area contributed by atoms with E-state index in [1.807, 2.05) is 13.8 Å². The molecular weight excluding hydrogens is 374 g/mol. The standard InChI is InChI=1S/C18H21NO5S2/c1-13(2)12-19(11-10-16(20)21)18(22)15-8-9-17(25-15)26(23,24)14-6-4-3-5-7-14/h3-9,13H,10-12H2,1-2H3,(H,20,21). The van der Waals surface area contributed by atoms with E-state index in [9.17, 15) is 18.0 Å². The molecule has 0 saturated heterocycles. The zero-order chi connectivity index (χ0) is 19.3. The van der Waals surface area contributed by atoms with Crippen molar-refractivity contribution in [2.75, 3.05) is 13.1 Å². The zero-order valence-electron chi connectivity index (χ0n) is 14.6. The van der Waals surface area contributed by atoms with Gasteiger partial charge in [-0.05, 0) is 30.2 Å². The van der Waals surface area contributed by atoms with Gasteiger partial charge < -0.3 is 10.0 Å². The van der Waals surface area contributed by atoms with E-state index >= 15 is 0 Å². The minimum atomic E-state index is -3.67. The third kappa shape index (κ3) is 4.92. The first-order valence-electron chi connectivity index (χ1n) is 8.13. The fraction of sp³-hybridized carbons (Fsp3) is 0.333. The number of carbonyl (C=O) groups excluding carboxylic acids is 1. The van der Waals surface area contributed by atoms with Gasteiger partial charge in [-0.25, -0.2) is 8.42 Å². The number of sulfone groups is 1. The number of hydrogen-bond donors (Lipinski definition) is 1. The first kappa shape index (κ1) is 20.1.